The second kappa shape index (κ2) is 15.1. The van der Waals surface area contributed by atoms with E-state index in [2.05, 4.69) is 5.32 Å². The number of carbonyl (C=O) groups excluding carboxylic acids is 2. The molecule has 0 radical (unpaired) electrons. The van der Waals surface area contributed by atoms with Crippen molar-refractivity contribution < 1.29 is 22.7 Å². The molecule has 1 atom stereocenters. The van der Waals surface area contributed by atoms with Gasteiger partial charge in [-0.05, 0) is 55.2 Å². The van der Waals surface area contributed by atoms with E-state index in [9.17, 15) is 18.0 Å². The highest BCUT2D eigenvalue weighted by Crippen LogP contribution is 2.32. The molecule has 0 aromatic heterocycles. The van der Waals surface area contributed by atoms with E-state index in [0.29, 0.717) is 5.75 Å². The topological polar surface area (TPSA) is 96.0 Å². The third kappa shape index (κ3) is 7.95. The normalized spacial score (nSPS) is 14.0. The number of sulfonamides is 1. The molecule has 46 heavy (non-hydrogen) atoms. The Hall–Kier alpha value is -4.63. The van der Waals surface area contributed by atoms with E-state index in [1.54, 1.807) is 42.5 Å². The van der Waals surface area contributed by atoms with Crippen molar-refractivity contribution in [3.63, 3.8) is 0 Å². The zero-order valence-corrected chi connectivity index (χ0v) is 27.2. The molecule has 240 valence electrons. The first-order valence-corrected chi connectivity index (χ1v) is 17.1. The van der Waals surface area contributed by atoms with Gasteiger partial charge >= 0.3 is 0 Å². The van der Waals surface area contributed by atoms with Crippen LogP contribution in [-0.4, -0.2) is 50.9 Å². The van der Waals surface area contributed by atoms with Crippen LogP contribution in [0.15, 0.2) is 114 Å². The molecule has 1 saturated carbocycles. The van der Waals surface area contributed by atoms with E-state index >= 15 is 0 Å². The van der Waals surface area contributed by atoms with Crippen LogP contribution in [0, 0.1) is 6.92 Å². The predicted octanol–water partition coefficient (Wildman–Crippen LogP) is 5.90. The zero-order chi connectivity index (χ0) is 32.5. The predicted molar refractivity (Wildman–Crippen MR) is 180 cm³/mol. The number of methoxy groups -OCH3 is 1. The fourth-order valence-corrected chi connectivity index (χ4v) is 7.44. The van der Waals surface area contributed by atoms with Gasteiger partial charge in [-0.15, -0.1) is 0 Å². The van der Waals surface area contributed by atoms with E-state index in [-0.39, 0.29) is 35.5 Å². The van der Waals surface area contributed by atoms with E-state index in [0.717, 1.165) is 46.7 Å². The van der Waals surface area contributed by atoms with Gasteiger partial charge in [0.25, 0.3) is 10.0 Å². The van der Waals surface area contributed by atoms with Crippen molar-refractivity contribution >= 4 is 27.5 Å². The molecule has 1 fully saturated rings. The molecule has 0 unspecified atom stereocenters. The van der Waals surface area contributed by atoms with Gasteiger partial charge in [0.2, 0.25) is 11.8 Å². The zero-order valence-electron chi connectivity index (χ0n) is 26.3. The Morgan fingerprint density at radius 2 is 1.48 bits per heavy atom. The van der Waals surface area contributed by atoms with Gasteiger partial charge in [0.15, 0.2) is 0 Å². The summed E-state index contributed by atoms with van der Waals surface area (Å²) in [6.45, 7) is 1.56. The standard InChI is InChI=1S/C37H41N3O5S/c1-28-14-13-17-30(24-28)26-39(34(25-29-15-5-3-6-16-29)37(42)38-31-18-9-10-19-31)36(41)27-40(33-22-11-12-23-35(33)45-2)46(43,44)32-20-7-4-8-21-32/h3-8,11-17,20-24,31,34H,9-10,18-19,25-27H2,1-2H3,(H,38,42)/t34-/m0/s1. The largest absolute Gasteiger partial charge is 0.495 e. The smallest absolute Gasteiger partial charge is 0.264 e. The van der Waals surface area contributed by atoms with Gasteiger partial charge in [-0.2, -0.15) is 0 Å². The van der Waals surface area contributed by atoms with Crippen molar-refractivity contribution in [1.29, 1.82) is 0 Å². The molecular weight excluding hydrogens is 598 g/mol. The van der Waals surface area contributed by atoms with Gasteiger partial charge in [0.1, 0.15) is 18.3 Å². The number of ether oxygens (including phenoxy) is 1. The van der Waals surface area contributed by atoms with Gasteiger partial charge < -0.3 is 15.0 Å². The fourth-order valence-electron chi connectivity index (χ4n) is 6.00. The van der Waals surface area contributed by atoms with Crippen LogP contribution >= 0.6 is 0 Å². The molecule has 0 heterocycles. The molecule has 4 aromatic carbocycles. The number of amides is 2. The maximum Gasteiger partial charge on any atom is 0.264 e. The van der Waals surface area contributed by atoms with Crippen LogP contribution in [0.25, 0.3) is 0 Å². The van der Waals surface area contributed by atoms with Gasteiger partial charge in [-0.3, -0.25) is 13.9 Å². The Bertz CT molecular complexity index is 1720. The summed E-state index contributed by atoms with van der Waals surface area (Å²) in [7, 11) is -2.75. The summed E-state index contributed by atoms with van der Waals surface area (Å²) < 4.78 is 35.1. The molecule has 0 aliphatic heterocycles. The summed E-state index contributed by atoms with van der Waals surface area (Å²) in [5.41, 5.74) is 2.99. The number of para-hydroxylation sites is 2. The van der Waals surface area contributed by atoms with Crippen LogP contribution in [0.5, 0.6) is 5.75 Å². The average Bonchev–Trinajstić information content (AvgIpc) is 3.59. The molecule has 8 nitrogen and oxygen atoms in total. The second-order valence-corrected chi connectivity index (χ2v) is 13.6. The molecular formula is C37H41N3O5S. The van der Waals surface area contributed by atoms with Crippen molar-refractivity contribution in [3.8, 4) is 5.75 Å². The molecule has 4 aromatic rings. The summed E-state index contributed by atoms with van der Waals surface area (Å²) in [5.74, 6) is -0.444. The maximum absolute atomic E-state index is 14.7. The number of hydrogen-bond donors (Lipinski definition) is 1. The quantitative estimate of drug-likeness (QED) is 0.197. The van der Waals surface area contributed by atoms with Crippen LogP contribution in [-0.2, 0) is 32.6 Å². The third-order valence-corrected chi connectivity index (χ3v) is 10.1. The average molecular weight is 640 g/mol. The van der Waals surface area contributed by atoms with Gasteiger partial charge in [-0.1, -0.05) is 103 Å². The van der Waals surface area contributed by atoms with E-state index < -0.39 is 28.5 Å². The van der Waals surface area contributed by atoms with Crippen LogP contribution in [0.1, 0.15) is 42.4 Å². The second-order valence-electron chi connectivity index (χ2n) is 11.7. The number of nitrogens with zero attached hydrogens (tertiary/aromatic N) is 2. The molecule has 1 aliphatic rings. The molecule has 9 heteroatoms. The first kappa shape index (κ1) is 32.8. The van der Waals surface area contributed by atoms with E-state index in [1.807, 2.05) is 61.5 Å². The molecule has 0 saturated heterocycles. The fraction of sp³-hybridized carbons (Fsp3) is 0.297. The van der Waals surface area contributed by atoms with Gasteiger partial charge in [0, 0.05) is 19.0 Å². The maximum atomic E-state index is 14.7. The van der Waals surface area contributed by atoms with Gasteiger partial charge in [0.05, 0.1) is 17.7 Å². The summed E-state index contributed by atoms with van der Waals surface area (Å²) in [4.78, 5) is 30.4. The van der Waals surface area contributed by atoms with Gasteiger partial charge in [-0.25, -0.2) is 8.42 Å². The number of nitrogens with one attached hydrogen (secondary N) is 1. The molecule has 2 amide bonds. The Kier molecular flexibility index (Phi) is 10.8. The van der Waals surface area contributed by atoms with Crippen LogP contribution in [0.2, 0.25) is 0 Å². The number of aryl methyl sites for hydroxylation is 1. The third-order valence-electron chi connectivity index (χ3n) is 8.37. The molecule has 1 aliphatic carbocycles. The lowest BCUT2D eigenvalue weighted by molar-refractivity contribution is -0.140. The van der Waals surface area contributed by atoms with Crippen LogP contribution < -0.4 is 14.4 Å². The van der Waals surface area contributed by atoms with Crippen molar-refractivity contribution in [2.75, 3.05) is 18.0 Å². The highest BCUT2D eigenvalue weighted by atomic mass is 32.2. The number of anilines is 1. The molecule has 0 bridgehead atoms. The van der Waals surface area contributed by atoms with E-state index in [1.165, 1.54) is 24.1 Å². The van der Waals surface area contributed by atoms with Crippen LogP contribution in [0.3, 0.4) is 0 Å². The first-order chi connectivity index (χ1) is 22.3. The highest BCUT2D eigenvalue weighted by molar-refractivity contribution is 7.92. The Morgan fingerprint density at radius 1 is 0.848 bits per heavy atom. The van der Waals surface area contributed by atoms with Crippen molar-refractivity contribution in [1.82, 2.24) is 10.2 Å². The minimum Gasteiger partial charge on any atom is -0.495 e. The summed E-state index contributed by atoms with van der Waals surface area (Å²) in [5, 5.41) is 3.21. The minimum absolute atomic E-state index is 0.0405. The van der Waals surface area contributed by atoms with E-state index in [4.69, 9.17) is 4.74 Å². The number of rotatable bonds is 13. The Balaban J connectivity index is 1.58. The Morgan fingerprint density at radius 3 is 2.15 bits per heavy atom. The number of carbonyl (C=O) groups is 2. The highest BCUT2D eigenvalue weighted by Gasteiger charge is 2.36. The van der Waals surface area contributed by atoms with Crippen molar-refractivity contribution in [3.05, 3.63) is 126 Å². The summed E-state index contributed by atoms with van der Waals surface area (Å²) >= 11 is 0. The van der Waals surface area contributed by atoms with Crippen LogP contribution in [0.4, 0.5) is 5.69 Å². The monoisotopic (exact) mass is 639 g/mol. The summed E-state index contributed by atoms with van der Waals surface area (Å²) in [6, 6.07) is 31.3. The number of hydrogen-bond acceptors (Lipinski definition) is 5. The van der Waals surface area contributed by atoms with Crippen molar-refractivity contribution in [2.24, 2.45) is 0 Å². The lowest BCUT2D eigenvalue weighted by atomic mass is 10.0. The molecule has 1 N–H and O–H groups in total. The Labute approximate surface area is 272 Å². The minimum atomic E-state index is -4.21. The SMILES string of the molecule is COc1ccccc1N(CC(=O)N(Cc1cccc(C)c1)[C@@H](Cc1ccccc1)C(=O)NC1CCCC1)S(=O)(=O)c1ccccc1. The summed E-state index contributed by atoms with van der Waals surface area (Å²) in [6.07, 6.45) is 4.16. The lowest BCUT2D eigenvalue weighted by Gasteiger charge is -2.34. The number of benzene rings is 4. The molecule has 0 spiro atoms. The first-order valence-electron chi connectivity index (χ1n) is 15.7. The lowest BCUT2D eigenvalue weighted by Crippen LogP contribution is -2.54. The molecule has 5 rings (SSSR count). The van der Waals surface area contributed by atoms with Crippen molar-refractivity contribution in [2.45, 2.75) is 62.6 Å².